The van der Waals surface area contributed by atoms with E-state index in [0.29, 0.717) is 5.69 Å². The van der Waals surface area contributed by atoms with Crippen molar-refractivity contribution in [2.45, 2.75) is 13.3 Å². The molecule has 0 unspecified atom stereocenters. The number of rotatable bonds is 4. The summed E-state index contributed by atoms with van der Waals surface area (Å²) in [7, 11) is 0. The third-order valence-electron chi connectivity index (χ3n) is 2.92. The molecule has 0 fully saturated rings. The van der Waals surface area contributed by atoms with E-state index in [0.717, 1.165) is 17.7 Å². The average Bonchev–Trinajstić information content (AvgIpc) is 2.39. The minimum Gasteiger partial charge on any atom is -0.393 e. The van der Waals surface area contributed by atoms with Crippen LogP contribution in [-0.4, -0.2) is 4.92 Å². The van der Waals surface area contributed by atoms with Crippen LogP contribution in [0.25, 0.3) is 0 Å². The molecule has 0 aliphatic rings. The van der Waals surface area contributed by atoms with E-state index in [9.17, 15) is 10.1 Å². The number of nitrogens with zero attached hydrogens (tertiary/aromatic N) is 1. The molecule has 0 aliphatic carbocycles. The van der Waals surface area contributed by atoms with Gasteiger partial charge in [0, 0.05) is 5.69 Å². The lowest BCUT2D eigenvalue weighted by atomic mass is 10.1. The second-order valence-corrected chi connectivity index (χ2v) is 4.14. The van der Waals surface area contributed by atoms with Crippen LogP contribution in [0.3, 0.4) is 0 Å². The van der Waals surface area contributed by atoms with Gasteiger partial charge in [0.05, 0.1) is 4.92 Å². The minimum atomic E-state index is -0.466. The summed E-state index contributed by atoms with van der Waals surface area (Å²) in [6, 6.07) is 12.6. The number of hydrogen-bond donors (Lipinski definition) is 2. The molecule has 0 bridgehead atoms. The molecule has 19 heavy (non-hydrogen) atoms. The quantitative estimate of drug-likeness (QED) is 0.499. The van der Waals surface area contributed by atoms with Crippen molar-refractivity contribution in [1.82, 2.24) is 0 Å². The second-order valence-electron chi connectivity index (χ2n) is 4.14. The topological polar surface area (TPSA) is 81.2 Å². The van der Waals surface area contributed by atoms with E-state index in [2.05, 4.69) is 5.32 Å². The Kier molecular flexibility index (Phi) is 3.66. The summed E-state index contributed by atoms with van der Waals surface area (Å²) in [6.07, 6.45) is 0.847. The van der Waals surface area contributed by atoms with Gasteiger partial charge in [-0.05, 0) is 30.2 Å². The molecule has 0 saturated heterocycles. The number of hydrogen-bond acceptors (Lipinski definition) is 4. The zero-order valence-electron chi connectivity index (χ0n) is 10.6. The molecule has 0 saturated carbocycles. The maximum Gasteiger partial charge on any atom is 0.315 e. The number of nitro benzene ring substituents is 1. The molecule has 0 spiro atoms. The zero-order chi connectivity index (χ0) is 13.8. The number of nitrogen functional groups attached to an aromatic ring is 1. The molecule has 98 valence electrons. The van der Waals surface area contributed by atoms with Crippen molar-refractivity contribution >= 4 is 22.7 Å². The van der Waals surface area contributed by atoms with Crippen LogP contribution in [-0.2, 0) is 6.42 Å². The molecule has 5 nitrogen and oxygen atoms in total. The van der Waals surface area contributed by atoms with Gasteiger partial charge in [-0.15, -0.1) is 0 Å². The first-order chi connectivity index (χ1) is 9.13. The largest absolute Gasteiger partial charge is 0.393 e. The maximum absolute atomic E-state index is 11.1. The van der Waals surface area contributed by atoms with Gasteiger partial charge in [0.25, 0.3) is 0 Å². The van der Waals surface area contributed by atoms with Crippen molar-refractivity contribution in [3.05, 3.63) is 58.1 Å². The van der Waals surface area contributed by atoms with E-state index in [4.69, 9.17) is 5.73 Å². The van der Waals surface area contributed by atoms with Crippen LogP contribution < -0.4 is 11.1 Å². The highest BCUT2D eigenvalue weighted by atomic mass is 16.6. The lowest BCUT2D eigenvalue weighted by molar-refractivity contribution is -0.383. The number of nitrogens with two attached hydrogens (primary N) is 1. The number of anilines is 3. The van der Waals surface area contributed by atoms with Crippen molar-refractivity contribution in [2.75, 3.05) is 11.1 Å². The van der Waals surface area contributed by atoms with Gasteiger partial charge < -0.3 is 11.1 Å². The Morgan fingerprint density at radius 3 is 2.53 bits per heavy atom. The summed E-state index contributed by atoms with van der Waals surface area (Å²) in [6.45, 7) is 2.04. The van der Waals surface area contributed by atoms with E-state index >= 15 is 0 Å². The van der Waals surface area contributed by atoms with Gasteiger partial charge in [-0.25, -0.2) is 0 Å². The molecule has 2 rings (SSSR count). The number of benzene rings is 2. The highest BCUT2D eigenvalue weighted by Gasteiger charge is 2.18. The summed E-state index contributed by atoms with van der Waals surface area (Å²) in [5.74, 6) is 0. The van der Waals surface area contributed by atoms with Gasteiger partial charge in [0.15, 0.2) is 0 Å². The normalized spacial score (nSPS) is 10.2. The fourth-order valence-corrected chi connectivity index (χ4v) is 1.96. The molecule has 3 N–H and O–H groups in total. The van der Waals surface area contributed by atoms with E-state index in [1.54, 1.807) is 12.1 Å². The molecule has 0 radical (unpaired) electrons. The Morgan fingerprint density at radius 1 is 1.16 bits per heavy atom. The van der Waals surface area contributed by atoms with Gasteiger partial charge in [0.2, 0.25) is 0 Å². The Balaban J connectivity index is 2.44. The van der Waals surface area contributed by atoms with Gasteiger partial charge in [-0.3, -0.25) is 10.1 Å². The molecular formula is C14H15N3O2. The molecule has 2 aromatic rings. The van der Waals surface area contributed by atoms with Crippen molar-refractivity contribution in [3.63, 3.8) is 0 Å². The summed E-state index contributed by atoms with van der Waals surface area (Å²) in [5.41, 5.74) is 8.10. The number of para-hydroxylation sites is 2. The van der Waals surface area contributed by atoms with Gasteiger partial charge in [0.1, 0.15) is 11.4 Å². The van der Waals surface area contributed by atoms with Crippen LogP contribution in [0.5, 0.6) is 0 Å². The Bertz CT molecular complexity index is 611. The van der Waals surface area contributed by atoms with E-state index in [1.165, 1.54) is 6.07 Å². The fraction of sp³-hybridized carbons (Fsp3) is 0.143. The van der Waals surface area contributed by atoms with Crippen LogP contribution >= 0.6 is 0 Å². The van der Waals surface area contributed by atoms with E-state index in [-0.39, 0.29) is 11.4 Å². The van der Waals surface area contributed by atoms with Gasteiger partial charge >= 0.3 is 5.69 Å². The van der Waals surface area contributed by atoms with Crippen molar-refractivity contribution in [3.8, 4) is 0 Å². The van der Waals surface area contributed by atoms with E-state index in [1.807, 2.05) is 31.2 Å². The average molecular weight is 257 g/mol. The minimum absolute atomic E-state index is 0.0894. The van der Waals surface area contributed by atoms with Crippen LogP contribution in [0, 0.1) is 10.1 Å². The van der Waals surface area contributed by atoms with E-state index < -0.39 is 4.92 Å². The van der Waals surface area contributed by atoms with Gasteiger partial charge in [-0.2, -0.15) is 0 Å². The lowest BCUT2D eigenvalue weighted by Crippen LogP contribution is -2.02. The lowest BCUT2D eigenvalue weighted by Gasteiger charge is -2.11. The SMILES string of the molecule is CCc1ccccc1Nc1cccc(N)c1[N+](=O)[O-]. The molecular weight excluding hydrogens is 242 g/mol. The highest BCUT2D eigenvalue weighted by Crippen LogP contribution is 2.33. The first-order valence-corrected chi connectivity index (χ1v) is 6.01. The summed E-state index contributed by atoms with van der Waals surface area (Å²) in [4.78, 5) is 10.6. The smallest absolute Gasteiger partial charge is 0.315 e. The van der Waals surface area contributed by atoms with Crippen molar-refractivity contribution < 1.29 is 4.92 Å². The number of aryl methyl sites for hydroxylation is 1. The summed E-state index contributed by atoms with van der Waals surface area (Å²) in [5, 5.41) is 14.2. The third kappa shape index (κ3) is 2.65. The Labute approximate surface area is 111 Å². The number of nitro groups is 1. The standard InChI is InChI=1S/C14H15N3O2/c1-2-10-6-3-4-8-12(10)16-13-9-5-7-11(15)14(13)17(18)19/h3-9,16H,2,15H2,1H3. The highest BCUT2D eigenvalue weighted by molar-refractivity contribution is 5.79. The van der Waals surface area contributed by atoms with Crippen LogP contribution in [0.1, 0.15) is 12.5 Å². The molecule has 5 heteroatoms. The van der Waals surface area contributed by atoms with Crippen LogP contribution in [0.2, 0.25) is 0 Å². The summed E-state index contributed by atoms with van der Waals surface area (Å²) < 4.78 is 0. The first kappa shape index (κ1) is 12.9. The fourth-order valence-electron chi connectivity index (χ4n) is 1.96. The first-order valence-electron chi connectivity index (χ1n) is 6.01. The molecule has 0 atom stereocenters. The number of nitrogens with one attached hydrogen (secondary N) is 1. The molecule has 2 aromatic carbocycles. The molecule has 0 aromatic heterocycles. The van der Waals surface area contributed by atoms with Crippen molar-refractivity contribution in [1.29, 1.82) is 0 Å². The van der Waals surface area contributed by atoms with Crippen molar-refractivity contribution in [2.24, 2.45) is 0 Å². The van der Waals surface area contributed by atoms with Gasteiger partial charge in [-0.1, -0.05) is 31.2 Å². The third-order valence-corrected chi connectivity index (χ3v) is 2.92. The Hall–Kier alpha value is -2.56. The second kappa shape index (κ2) is 5.39. The summed E-state index contributed by atoms with van der Waals surface area (Å²) >= 11 is 0. The van der Waals surface area contributed by atoms with Crippen LogP contribution in [0.4, 0.5) is 22.7 Å². The predicted molar refractivity (Wildman–Crippen MR) is 76.6 cm³/mol. The molecule has 0 aliphatic heterocycles. The molecule has 0 amide bonds. The van der Waals surface area contributed by atoms with Crippen LogP contribution in [0.15, 0.2) is 42.5 Å². The Morgan fingerprint density at radius 2 is 1.84 bits per heavy atom. The zero-order valence-corrected chi connectivity index (χ0v) is 10.6. The molecule has 0 heterocycles. The monoisotopic (exact) mass is 257 g/mol. The predicted octanol–water partition coefficient (Wildman–Crippen LogP) is 3.48. The maximum atomic E-state index is 11.1.